The molecule has 0 bridgehead atoms. The Morgan fingerprint density at radius 2 is 1.79 bits per heavy atom. The van der Waals surface area contributed by atoms with Crippen molar-refractivity contribution in [2.24, 2.45) is 0 Å². The van der Waals surface area contributed by atoms with E-state index in [0.717, 1.165) is 4.48 Å². The van der Waals surface area contributed by atoms with Gasteiger partial charge in [-0.15, -0.1) is 11.6 Å². The Kier molecular flexibility index (Phi) is 10.8. The van der Waals surface area contributed by atoms with Crippen LogP contribution in [-0.2, 0) is 0 Å². The molecule has 1 atom stereocenters. The normalized spacial score (nSPS) is 11.6. The van der Waals surface area contributed by atoms with Crippen LogP contribution < -0.4 is 17.5 Å². The quantitative estimate of drug-likeness (QED) is 0.488. The van der Waals surface area contributed by atoms with Gasteiger partial charge in [0.05, 0.1) is 33.0 Å². The zero-order chi connectivity index (χ0) is 14.2. The van der Waals surface area contributed by atoms with Crippen molar-refractivity contribution in [3.05, 3.63) is 35.9 Å². The minimum absolute atomic E-state index is 0. The Morgan fingerprint density at radius 1 is 1.32 bits per heavy atom. The van der Waals surface area contributed by atoms with Crippen LogP contribution in [0.5, 0.6) is 0 Å². The standard InChI is InChI=1S/C7H6O2.C6H15ClNO.ClH/c8-7(9)6-4-2-1-3-5-6;1-8(2,3)5-6(9)4-7;/h1-5H,(H,8,9);6,9H,4-5H2,1-3H3;1H/q;+1;/p-2. The Balaban J connectivity index is 0. The number of nitrogens with zero attached hydrogens (tertiary/aromatic N) is 1. The van der Waals surface area contributed by atoms with Crippen LogP contribution >= 0.6 is 11.6 Å². The maximum absolute atomic E-state index is 10.1. The summed E-state index contributed by atoms with van der Waals surface area (Å²) in [5.74, 6) is -0.800. The Labute approximate surface area is 125 Å². The maximum Gasteiger partial charge on any atom is 0.116 e. The molecular weight excluding hydrogens is 289 g/mol. The fraction of sp³-hybridized carbons (Fsp3) is 0.462. The molecule has 110 valence electrons. The lowest BCUT2D eigenvalue weighted by molar-refractivity contribution is -0.873. The molecule has 0 aromatic heterocycles. The van der Waals surface area contributed by atoms with Gasteiger partial charge in [0.1, 0.15) is 12.6 Å². The molecule has 0 amide bonds. The molecule has 1 aromatic carbocycles. The van der Waals surface area contributed by atoms with E-state index in [1.54, 1.807) is 18.2 Å². The fourth-order valence-corrected chi connectivity index (χ4v) is 1.35. The van der Waals surface area contributed by atoms with Gasteiger partial charge in [-0.25, -0.2) is 0 Å². The van der Waals surface area contributed by atoms with Crippen LogP contribution in [0, 0.1) is 0 Å². The second kappa shape index (κ2) is 10.0. The van der Waals surface area contributed by atoms with E-state index in [1.165, 1.54) is 12.1 Å². The van der Waals surface area contributed by atoms with Crippen LogP contribution in [0.2, 0.25) is 0 Å². The van der Waals surface area contributed by atoms with Gasteiger partial charge in [-0.3, -0.25) is 0 Å². The van der Waals surface area contributed by atoms with Gasteiger partial charge in [-0.05, 0) is 5.56 Å². The van der Waals surface area contributed by atoms with Crippen LogP contribution in [0.1, 0.15) is 10.4 Å². The summed E-state index contributed by atoms with van der Waals surface area (Å²) >= 11 is 5.40. The summed E-state index contributed by atoms with van der Waals surface area (Å²) in [6.45, 7) is 0.712. The van der Waals surface area contributed by atoms with Crippen LogP contribution in [0.25, 0.3) is 0 Å². The molecule has 0 fully saturated rings. The molecular formula is C13H20Cl2NO3-. The average molecular weight is 309 g/mol. The third kappa shape index (κ3) is 12.0. The van der Waals surface area contributed by atoms with Gasteiger partial charge in [0.25, 0.3) is 0 Å². The first-order valence-electron chi connectivity index (χ1n) is 5.57. The number of hydrogen-bond donors (Lipinski definition) is 1. The molecule has 6 heteroatoms. The zero-order valence-corrected chi connectivity index (χ0v) is 12.9. The number of carbonyl (C=O) groups is 1. The van der Waals surface area contributed by atoms with Crippen molar-refractivity contribution in [1.29, 1.82) is 0 Å². The summed E-state index contributed by atoms with van der Waals surface area (Å²) in [5.41, 5.74) is 0.220. The number of hydrogen-bond acceptors (Lipinski definition) is 3. The van der Waals surface area contributed by atoms with E-state index in [0.29, 0.717) is 12.4 Å². The minimum atomic E-state index is -1.13. The number of quaternary nitrogens is 1. The fourth-order valence-electron chi connectivity index (χ4n) is 1.26. The highest BCUT2D eigenvalue weighted by atomic mass is 35.5. The van der Waals surface area contributed by atoms with E-state index in [2.05, 4.69) is 0 Å². The number of alkyl halides is 1. The van der Waals surface area contributed by atoms with Gasteiger partial charge in [0.2, 0.25) is 0 Å². The lowest BCUT2D eigenvalue weighted by atomic mass is 10.2. The first kappa shape index (κ1) is 20.5. The second-order valence-corrected chi connectivity index (χ2v) is 5.24. The van der Waals surface area contributed by atoms with Gasteiger partial charge in [0, 0.05) is 0 Å². The summed E-state index contributed by atoms with van der Waals surface area (Å²) in [5, 5.41) is 19.1. The average Bonchev–Trinajstić information content (AvgIpc) is 2.28. The number of benzene rings is 1. The van der Waals surface area contributed by atoms with E-state index >= 15 is 0 Å². The first-order valence-corrected chi connectivity index (χ1v) is 6.10. The molecule has 1 aromatic rings. The molecule has 19 heavy (non-hydrogen) atoms. The molecule has 0 aliphatic rings. The van der Waals surface area contributed by atoms with Gasteiger partial charge in [0.15, 0.2) is 0 Å². The lowest BCUT2D eigenvalue weighted by Crippen LogP contribution is -3.00. The van der Waals surface area contributed by atoms with Crippen LogP contribution in [0.15, 0.2) is 30.3 Å². The van der Waals surface area contributed by atoms with Crippen LogP contribution in [0.3, 0.4) is 0 Å². The molecule has 1 N–H and O–H groups in total. The van der Waals surface area contributed by atoms with Crippen molar-refractivity contribution in [3.8, 4) is 0 Å². The number of halogens is 2. The Morgan fingerprint density at radius 3 is 2.00 bits per heavy atom. The van der Waals surface area contributed by atoms with E-state index in [9.17, 15) is 9.90 Å². The summed E-state index contributed by atoms with van der Waals surface area (Å²) < 4.78 is 0.758. The predicted octanol–water partition coefficient (Wildman–Crippen LogP) is -2.65. The molecule has 0 saturated heterocycles. The third-order valence-corrected chi connectivity index (χ3v) is 2.30. The van der Waals surface area contributed by atoms with Crippen molar-refractivity contribution < 1.29 is 31.9 Å². The van der Waals surface area contributed by atoms with Crippen molar-refractivity contribution in [2.75, 3.05) is 33.6 Å². The van der Waals surface area contributed by atoms with E-state index in [4.69, 9.17) is 16.7 Å². The molecule has 1 unspecified atom stereocenters. The van der Waals surface area contributed by atoms with E-state index in [1.807, 2.05) is 21.1 Å². The van der Waals surface area contributed by atoms with Crippen molar-refractivity contribution in [2.45, 2.75) is 6.10 Å². The number of carbonyl (C=O) groups excluding carboxylic acids is 1. The highest BCUT2D eigenvalue weighted by molar-refractivity contribution is 6.18. The van der Waals surface area contributed by atoms with Gasteiger partial charge in [-0.2, -0.15) is 0 Å². The second-order valence-electron chi connectivity index (χ2n) is 4.93. The number of carboxylic acids is 1. The molecule has 0 aliphatic carbocycles. The van der Waals surface area contributed by atoms with Crippen LogP contribution in [-0.4, -0.2) is 55.2 Å². The van der Waals surface area contributed by atoms with Crippen molar-refractivity contribution >= 4 is 17.6 Å². The lowest BCUT2D eigenvalue weighted by Gasteiger charge is -2.25. The van der Waals surface area contributed by atoms with Gasteiger partial charge in [-0.1, -0.05) is 30.3 Å². The topological polar surface area (TPSA) is 60.4 Å². The number of aromatic carboxylic acids is 1. The van der Waals surface area contributed by atoms with E-state index in [-0.39, 0.29) is 24.1 Å². The molecule has 0 radical (unpaired) electrons. The molecule has 0 spiro atoms. The number of likely N-dealkylation sites (N-methyl/N-ethyl adjacent to an activating group) is 1. The minimum Gasteiger partial charge on any atom is -1.00 e. The number of aliphatic hydroxyl groups excluding tert-OH is 1. The molecule has 1 rings (SSSR count). The molecule has 4 nitrogen and oxygen atoms in total. The monoisotopic (exact) mass is 308 g/mol. The Hall–Kier alpha value is -0.810. The van der Waals surface area contributed by atoms with Crippen molar-refractivity contribution in [3.63, 3.8) is 0 Å². The number of aliphatic hydroxyl groups is 1. The highest BCUT2D eigenvalue weighted by Crippen LogP contribution is 1.96. The SMILES string of the molecule is C[N+](C)(C)CC(O)CCl.O=C([O-])c1ccccc1.[Cl-]. The van der Waals surface area contributed by atoms with Gasteiger partial charge >= 0.3 is 0 Å². The summed E-state index contributed by atoms with van der Waals surface area (Å²) in [6.07, 6.45) is -0.369. The van der Waals surface area contributed by atoms with Gasteiger partial charge < -0.3 is 31.9 Å². The maximum atomic E-state index is 10.1. The van der Waals surface area contributed by atoms with E-state index < -0.39 is 5.97 Å². The summed E-state index contributed by atoms with van der Waals surface area (Å²) in [7, 11) is 6.07. The molecule has 0 heterocycles. The summed E-state index contributed by atoms with van der Waals surface area (Å²) in [4.78, 5) is 10.1. The zero-order valence-electron chi connectivity index (χ0n) is 11.3. The summed E-state index contributed by atoms with van der Waals surface area (Å²) in [6, 6.07) is 8.06. The largest absolute Gasteiger partial charge is 1.00 e. The highest BCUT2D eigenvalue weighted by Gasteiger charge is 2.13. The predicted molar refractivity (Wildman–Crippen MR) is 70.4 cm³/mol. The molecule has 0 aliphatic heterocycles. The first-order chi connectivity index (χ1) is 8.26. The van der Waals surface area contributed by atoms with Crippen molar-refractivity contribution in [1.82, 2.24) is 0 Å². The third-order valence-electron chi connectivity index (χ3n) is 1.95. The smallest absolute Gasteiger partial charge is 0.116 e. The number of carboxylic acid groups (broad SMARTS) is 1. The molecule has 0 saturated carbocycles. The van der Waals surface area contributed by atoms with Crippen LogP contribution in [0.4, 0.5) is 0 Å². The Bertz CT molecular complexity index is 353. The number of rotatable bonds is 4.